The van der Waals surface area contributed by atoms with Crippen LogP contribution in [0.2, 0.25) is 0 Å². The maximum Gasteiger partial charge on any atom is 0.417 e. The second-order valence-electron chi connectivity index (χ2n) is 8.84. The van der Waals surface area contributed by atoms with Gasteiger partial charge in [-0.3, -0.25) is 9.59 Å². The van der Waals surface area contributed by atoms with Crippen molar-refractivity contribution in [1.82, 2.24) is 0 Å². The normalized spacial score (nSPS) is 33.7. The van der Waals surface area contributed by atoms with Crippen LogP contribution in [0.1, 0.15) is 38.3 Å². The first-order chi connectivity index (χ1) is 15.2. The Kier molecular flexibility index (Phi) is 5.04. The lowest BCUT2D eigenvalue weighted by Gasteiger charge is -2.33. The van der Waals surface area contributed by atoms with Gasteiger partial charge in [0.2, 0.25) is 11.8 Å². The molecule has 1 aromatic rings. The molecule has 0 spiro atoms. The lowest BCUT2D eigenvalue weighted by atomic mass is 9.64. The van der Waals surface area contributed by atoms with Gasteiger partial charge in [0.05, 0.1) is 51.7 Å². The number of hydrogen-bond acceptors (Lipinski definition) is 6. The van der Waals surface area contributed by atoms with E-state index >= 15 is 0 Å². The summed E-state index contributed by atoms with van der Waals surface area (Å²) in [6, 6.07) is 4.14. The van der Waals surface area contributed by atoms with Gasteiger partial charge in [-0.2, -0.15) is 22.8 Å². The molecule has 176 valence electrons. The number of fused-ring (bicyclic) bond motifs is 5. The zero-order chi connectivity index (χ0) is 24.6. The summed E-state index contributed by atoms with van der Waals surface area (Å²) in [7, 11) is -3.68. The molecule has 5 atom stereocenters. The van der Waals surface area contributed by atoms with Crippen molar-refractivity contribution in [3.05, 3.63) is 29.3 Å². The third kappa shape index (κ3) is 3.36. The molecule has 8 nitrogen and oxygen atoms in total. The second kappa shape index (κ2) is 7.11. The number of carbonyl (C=O) groups is 2. The first kappa shape index (κ1) is 23.4. The first-order valence-electron chi connectivity index (χ1n) is 10.2. The molecule has 3 aliphatic heterocycles. The predicted octanol–water partition coefficient (Wildman–Crippen LogP) is 2.67. The molecular formula is C21H20F3N3O5S. The first-order valence-corrected chi connectivity index (χ1v) is 11.8. The molecule has 2 bridgehead atoms. The van der Waals surface area contributed by atoms with E-state index in [1.807, 2.05) is 0 Å². The van der Waals surface area contributed by atoms with Crippen molar-refractivity contribution in [3.63, 3.8) is 0 Å². The van der Waals surface area contributed by atoms with E-state index < -0.39 is 68.1 Å². The Bertz CT molecular complexity index is 1240. The molecule has 1 aromatic carbocycles. The lowest BCUT2D eigenvalue weighted by molar-refractivity contribution is -0.138. The summed E-state index contributed by atoms with van der Waals surface area (Å²) in [5, 5.41) is 9.00. The number of sulfonamides is 1. The Morgan fingerprint density at radius 2 is 1.91 bits per heavy atom. The number of ether oxygens (including phenoxy) is 1. The summed E-state index contributed by atoms with van der Waals surface area (Å²) in [6.07, 6.45) is -3.40. The smallest absolute Gasteiger partial charge is 0.367 e. The van der Waals surface area contributed by atoms with E-state index in [-0.39, 0.29) is 17.9 Å². The van der Waals surface area contributed by atoms with Crippen LogP contribution in [0, 0.1) is 29.1 Å². The van der Waals surface area contributed by atoms with Gasteiger partial charge in [0.1, 0.15) is 0 Å². The van der Waals surface area contributed by atoms with Gasteiger partial charge in [-0.25, -0.2) is 13.3 Å². The predicted molar refractivity (Wildman–Crippen MR) is 110 cm³/mol. The lowest BCUT2D eigenvalue weighted by Crippen LogP contribution is -2.46. The summed E-state index contributed by atoms with van der Waals surface area (Å²) < 4.78 is 73.6. The van der Waals surface area contributed by atoms with Crippen LogP contribution in [0.3, 0.4) is 0 Å². The Morgan fingerprint density at radius 3 is 2.48 bits per heavy atom. The number of rotatable bonds is 4. The third-order valence-electron chi connectivity index (χ3n) is 6.85. The topological polar surface area (TPSA) is 117 Å². The highest BCUT2D eigenvalue weighted by Gasteiger charge is 2.75. The number of halogens is 3. The molecule has 0 saturated carbocycles. The van der Waals surface area contributed by atoms with Crippen LogP contribution in [0.15, 0.2) is 22.6 Å². The number of hydrogen-bond donors (Lipinski definition) is 0. The summed E-state index contributed by atoms with van der Waals surface area (Å²) in [4.78, 5) is 27.4. The minimum Gasteiger partial charge on any atom is -0.367 e. The van der Waals surface area contributed by atoms with Gasteiger partial charge < -0.3 is 4.74 Å². The molecule has 3 aliphatic rings. The zero-order valence-electron chi connectivity index (χ0n) is 17.9. The number of alkyl halides is 3. The van der Waals surface area contributed by atoms with Gasteiger partial charge in [-0.1, -0.05) is 0 Å². The van der Waals surface area contributed by atoms with Crippen LogP contribution in [0.25, 0.3) is 0 Å². The quantitative estimate of drug-likeness (QED) is 0.480. The van der Waals surface area contributed by atoms with Gasteiger partial charge in [0.15, 0.2) is 0 Å². The Labute approximate surface area is 188 Å². The van der Waals surface area contributed by atoms with Gasteiger partial charge >= 0.3 is 6.18 Å². The number of nitriles is 1. The maximum atomic E-state index is 13.4. The van der Waals surface area contributed by atoms with Crippen LogP contribution >= 0.6 is 0 Å². The molecule has 0 radical (unpaired) electrons. The van der Waals surface area contributed by atoms with Crippen LogP contribution < -0.4 is 4.90 Å². The Hall–Kier alpha value is -2.78. The van der Waals surface area contributed by atoms with Crippen molar-refractivity contribution < 1.29 is 35.9 Å². The Balaban J connectivity index is 1.75. The van der Waals surface area contributed by atoms with Crippen LogP contribution in [-0.2, 0) is 30.5 Å². The molecule has 3 heterocycles. The summed E-state index contributed by atoms with van der Waals surface area (Å²) in [5.74, 6) is -4.17. The van der Waals surface area contributed by atoms with E-state index in [4.69, 9.17) is 10.00 Å². The van der Waals surface area contributed by atoms with Crippen molar-refractivity contribution in [2.45, 2.75) is 44.6 Å². The largest absolute Gasteiger partial charge is 0.417 e. The molecule has 2 amide bonds. The number of anilines is 1. The molecule has 1 unspecified atom stereocenters. The fraction of sp³-hybridized carbons (Fsp3) is 0.524. The highest BCUT2D eigenvalue weighted by atomic mass is 32.2. The molecule has 0 N–H and O–H groups in total. The average Bonchev–Trinajstić information content (AvgIpc) is 3.26. The average molecular weight is 483 g/mol. The van der Waals surface area contributed by atoms with E-state index in [0.717, 1.165) is 12.1 Å². The van der Waals surface area contributed by atoms with E-state index in [2.05, 4.69) is 4.40 Å². The molecule has 12 heteroatoms. The fourth-order valence-corrected chi connectivity index (χ4v) is 5.79. The molecule has 4 rings (SSSR count). The summed E-state index contributed by atoms with van der Waals surface area (Å²) >= 11 is 0. The van der Waals surface area contributed by atoms with Crippen LogP contribution in [0.4, 0.5) is 18.9 Å². The second-order valence-corrected chi connectivity index (χ2v) is 10.8. The summed E-state index contributed by atoms with van der Waals surface area (Å²) in [5.41, 5.74) is -4.52. The van der Waals surface area contributed by atoms with E-state index in [1.165, 1.54) is 19.2 Å². The fourth-order valence-electron chi connectivity index (χ4n) is 5.30. The van der Waals surface area contributed by atoms with Gasteiger partial charge in [-0.05, 0) is 45.4 Å². The highest BCUT2D eigenvalue weighted by Crippen LogP contribution is 2.63. The number of nitrogens with zero attached hydrogens (tertiary/aromatic N) is 3. The van der Waals surface area contributed by atoms with Crippen LogP contribution in [-0.4, -0.2) is 43.4 Å². The molecule has 33 heavy (non-hydrogen) atoms. The maximum absolute atomic E-state index is 13.4. The molecule has 3 fully saturated rings. The minimum absolute atomic E-state index is 0.206. The number of amides is 2. The molecule has 0 aromatic heterocycles. The number of benzene rings is 1. The standard InChI is InChI=1S/C21H20F3N3O5S/c1-4-33(30,31)26-10-12-8-19(2)15-16(20(12,3)32-19)18(29)27(17(15)28)13-6-5-11(9-25)14(7-13)21(22,23)24/h5-7,10,12,15-16H,4,8H2,1-3H3/b26-10+/t12?,15-,16+,19-,20+/m1/s1. The van der Waals surface area contributed by atoms with E-state index in [9.17, 15) is 31.2 Å². The van der Waals surface area contributed by atoms with Gasteiger partial charge in [0.25, 0.3) is 10.0 Å². The van der Waals surface area contributed by atoms with E-state index in [1.54, 1.807) is 13.8 Å². The molecule has 0 aliphatic carbocycles. The van der Waals surface area contributed by atoms with E-state index in [0.29, 0.717) is 11.0 Å². The van der Waals surface area contributed by atoms with Crippen molar-refractivity contribution >= 4 is 33.7 Å². The Morgan fingerprint density at radius 1 is 1.27 bits per heavy atom. The minimum atomic E-state index is -4.85. The van der Waals surface area contributed by atoms with Crippen molar-refractivity contribution in [3.8, 4) is 6.07 Å². The number of imide groups is 1. The third-order valence-corrected chi connectivity index (χ3v) is 8.02. The monoisotopic (exact) mass is 483 g/mol. The van der Waals surface area contributed by atoms with Crippen molar-refractivity contribution in [2.24, 2.45) is 22.2 Å². The zero-order valence-corrected chi connectivity index (χ0v) is 18.7. The van der Waals surface area contributed by atoms with Gasteiger partial charge in [0, 0.05) is 12.1 Å². The highest BCUT2D eigenvalue weighted by molar-refractivity contribution is 7.90. The SMILES string of the molecule is CCS(=O)(=O)/N=C/C1C[C@@]2(C)O[C@]1(C)[C@@H]1C(=O)N(c3ccc(C#N)c(C(F)(F)F)c3)C(=O)[C@@H]12. The summed E-state index contributed by atoms with van der Waals surface area (Å²) in [6.45, 7) is 4.66. The van der Waals surface area contributed by atoms with Crippen molar-refractivity contribution in [2.75, 3.05) is 10.7 Å². The molecular weight excluding hydrogens is 463 g/mol. The van der Waals surface area contributed by atoms with Crippen molar-refractivity contribution in [1.29, 1.82) is 5.26 Å². The number of carbonyl (C=O) groups excluding carboxylic acids is 2. The van der Waals surface area contributed by atoms with Gasteiger partial charge in [-0.15, -0.1) is 0 Å². The van der Waals surface area contributed by atoms with Crippen LogP contribution in [0.5, 0.6) is 0 Å². The molecule has 3 saturated heterocycles.